The van der Waals surface area contributed by atoms with Crippen molar-refractivity contribution in [2.24, 2.45) is 0 Å². The summed E-state index contributed by atoms with van der Waals surface area (Å²) in [5, 5.41) is 0.887. The van der Waals surface area contributed by atoms with Gasteiger partial charge in [0.05, 0.1) is 5.39 Å². The van der Waals surface area contributed by atoms with Gasteiger partial charge in [-0.3, -0.25) is 0 Å². The van der Waals surface area contributed by atoms with E-state index in [1.807, 2.05) is 0 Å². The maximum atomic E-state index is 5.80. The predicted octanol–water partition coefficient (Wildman–Crippen LogP) is 1.49. The zero-order valence-electron chi connectivity index (χ0n) is 8.40. The molecule has 1 aliphatic rings. The predicted molar refractivity (Wildman–Crippen MR) is 58.4 cm³/mol. The smallest absolute Gasteiger partial charge is 0.164 e. The second kappa shape index (κ2) is 3.15. The molecule has 0 atom stereocenters. The molecule has 3 rings (SSSR count). The van der Waals surface area contributed by atoms with Gasteiger partial charge in [-0.1, -0.05) is 0 Å². The van der Waals surface area contributed by atoms with E-state index in [2.05, 4.69) is 21.0 Å². The maximum Gasteiger partial charge on any atom is 0.164 e. The van der Waals surface area contributed by atoms with Crippen LogP contribution in [0, 0.1) is 0 Å². The second-order valence-corrected chi connectivity index (χ2v) is 3.93. The Kier molecular flexibility index (Phi) is 1.80. The van der Waals surface area contributed by atoms with Crippen molar-refractivity contribution in [3.05, 3.63) is 23.7 Å². The van der Waals surface area contributed by atoms with Crippen molar-refractivity contribution in [3.8, 4) is 0 Å². The van der Waals surface area contributed by atoms with Crippen molar-refractivity contribution in [3.63, 3.8) is 0 Å². The molecule has 0 saturated heterocycles. The lowest BCUT2D eigenvalue weighted by molar-refractivity contribution is 0.670. The summed E-state index contributed by atoms with van der Waals surface area (Å²) in [6, 6.07) is 2.10. The van der Waals surface area contributed by atoms with Gasteiger partial charge in [-0.25, -0.2) is 15.0 Å². The summed E-state index contributed by atoms with van der Waals surface area (Å²) in [7, 11) is 0. The number of anilines is 1. The summed E-state index contributed by atoms with van der Waals surface area (Å²) in [6.07, 6.45) is 6.11. The first-order valence-electron chi connectivity index (χ1n) is 5.23. The molecule has 0 radical (unpaired) electrons. The summed E-state index contributed by atoms with van der Waals surface area (Å²) in [6.45, 7) is 0. The van der Waals surface area contributed by atoms with E-state index in [0.717, 1.165) is 23.9 Å². The zero-order chi connectivity index (χ0) is 10.3. The van der Waals surface area contributed by atoms with Crippen molar-refractivity contribution < 1.29 is 0 Å². The van der Waals surface area contributed by atoms with E-state index in [0.29, 0.717) is 5.82 Å². The van der Waals surface area contributed by atoms with Gasteiger partial charge in [0.25, 0.3) is 0 Å². The van der Waals surface area contributed by atoms with Crippen LogP contribution in [0.4, 0.5) is 5.82 Å². The number of aryl methyl sites for hydroxylation is 2. The minimum absolute atomic E-state index is 0.529. The number of hydrogen-bond donors (Lipinski definition) is 1. The van der Waals surface area contributed by atoms with Gasteiger partial charge >= 0.3 is 0 Å². The molecule has 76 valence electrons. The first-order chi connectivity index (χ1) is 7.34. The van der Waals surface area contributed by atoms with E-state index < -0.39 is 0 Å². The van der Waals surface area contributed by atoms with Crippen LogP contribution in [0.5, 0.6) is 0 Å². The second-order valence-electron chi connectivity index (χ2n) is 3.93. The van der Waals surface area contributed by atoms with Crippen LogP contribution >= 0.6 is 0 Å². The standard InChI is InChI=1S/C11H12N4/c12-10-8-5-7-3-1-2-4-9(7)15-11(8)14-6-13-10/h5-6H,1-4H2,(H2,12,13,14,15). The molecule has 15 heavy (non-hydrogen) atoms. The highest BCUT2D eigenvalue weighted by molar-refractivity contribution is 5.85. The average molecular weight is 200 g/mol. The molecular weight excluding hydrogens is 188 g/mol. The first-order valence-corrected chi connectivity index (χ1v) is 5.23. The molecule has 2 aromatic rings. The Morgan fingerprint density at radius 2 is 2.00 bits per heavy atom. The Hall–Kier alpha value is -1.71. The van der Waals surface area contributed by atoms with E-state index >= 15 is 0 Å². The van der Waals surface area contributed by atoms with Gasteiger partial charge < -0.3 is 5.73 Å². The van der Waals surface area contributed by atoms with Gasteiger partial charge in [-0.2, -0.15) is 0 Å². The molecule has 2 aromatic heterocycles. The molecular formula is C11H12N4. The van der Waals surface area contributed by atoms with E-state index in [4.69, 9.17) is 5.73 Å². The Bertz CT molecular complexity index is 521. The molecule has 0 unspecified atom stereocenters. The van der Waals surface area contributed by atoms with Gasteiger partial charge in [0.1, 0.15) is 12.1 Å². The van der Waals surface area contributed by atoms with Gasteiger partial charge in [0, 0.05) is 5.69 Å². The Labute approximate surface area is 87.6 Å². The summed E-state index contributed by atoms with van der Waals surface area (Å²) in [5.41, 5.74) is 9.03. The molecule has 0 amide bonds. The lowest BCUT2D eigenvalue weighted by Gasteiger charge is -2.15. The number of nitrogens with two attached hydrogens (primary N) is 1. The lowest BCUT2D eigenvalue weighted by atomic mass is 9.95. The fraction of sp³-hybridized carbons (Fsp3) is 0.364. The number of rotatable bonds is 0. The lowest BCUT2D eigenvalue weighted by Crippen LogP contribution is -2.07. The van der Waals surface area contributed by atoms with Crippen molar-refractivity contribution in [2.75, 3.05) is 5.73 Å². The summed E-state index contributed by atoms with van der Waals surface area (Å²) in [4.78, 5) is 12.7. The van der Waals surface area contributed by atoms with Crippen LogP contribution in [0.25, 0.3) is 11.0 Å². The zero-order valence-corrected chi connectivity index (χ0v) is 8.40. The Balaban J connectivity index is 2.31. The Morgan fingerprint density at radius 3 is 2.93 bits per heavy atom. The number of fused-ring (bicyclic) bond motifs is 2. The van der Waals surface area contributed by atoms with Crippen LogP contribution in [0.3, 0.4) is 0 Å². The van der Waals surface area contributed by atoms with Crippen LogP contribution in [-0.2, 0) is 12.8 Å². The monoisotopic (exact) mass is 200 g/mol. The molecule has 0 spiro atoms. The molecule has 0 fully saturated rings. The quantitative estimate of drug-likeness (QED) is 0.699. The molecule has 0 aromatic carbocycles. The molecule has 0 saturated carbocycles. The largest absolute Gasteiger partial charge is 0.383 e. The molecule has 0 bridgehead atoms. The molecule has 2 heterocycles. The fourth-order valence-electron chi connectivity index (χ4n) is 2.12. The van der Waals surface area contributed by atoms with E-state index in [-0.39, 0.29) is 0 Å². The van der Waals surface area contributed by atoms with Crippen LogP contribution in [0.1, 0.15) is 24.1 Å². The van der Waals surface area contributed by atoms with Crippen molar-refractivity contribution in [2.45, 2.75) is 25.7 Å². The van der Waals surface area contributed by atoms with Gasteiger partial charge in [0.15, 0.2) is 5.65 Å². The van der Waals surface area contributed by atoms with E-state index in [9.17, 15) is 0 Å². The fourth-order valence-corrected chi connectivity index (χ4v) is 2.12. The summed E-state index contributed by atoms with van der Waals surface area (Å²) < 4.78 is 0. The number of aromatic nitrogens is 3. The van der Waals surface area contributed by atoms with Gasteiger partial charge in [0.2, 0.25) is 0 Å². The molecule has 2 N–H and O–H groups in total. The van der Waals surface area contributed by atoms with Crippen LogP contribution in [0.15, 0.2) is 12.4 Å². The maximum absolute atomic E-state index is 5.80. The van der Waals surface area contributed by atoms with Crippen molar-refractivity contribution in [1.29, 1.82) is 0 Å². The normalized spacial score (nSPS) is 15.2. The highest BCUT2D eigenvalue weighted by Gasteiger charge is 2.13. The molecule has 4 heteroatoms. The SMILES string of the molecule is Nc1ncnc2nc3c(cc12)CCCC3. The average Bonchev–Trinajstić information content (AvgIpc) is 2.27. The van der Waals surface area contributed by atoms with Crippen LogP contribution in [-0.4, -0.2) is 15.0 Å². The molecule has 0 aliphatic heterocycles. The van der Waals surface area contributed by atoms with Gasteiger partial charge in [-0.15, -0.1) is 0 Å². The van der Waals surface area contributed by atoms with Crippen LogP contribution < -0.4 is 5.73 Å². The third-order valence-electron chi connectivity index (χ3n) is 2.93. The number of hydrogen-bond acceptors (Lipinski definition) is 4. The van der Waals surface area contributed by atoms with Crippen molar-refractivity contribution in [1.82, 2.24) is 15.0 Å². The van der Waals surface area contributed by atoms with E-state index in [1.54, 1.807) is 0 Å². The highest BCUT2D eigenvalue weighted by Crippen LogP contribution is 2.24. The molecule has 1 aliphatic carbocycles. The van der Waals surface area contributed by atoms with Gasteiger partial charge in [-0.05, 0) is 37.3 Å². The third kappa shape index (κ3) is 1.33. The minimum atomic E-state index is 0.529. The summed E-state index contributed by atoms with van der Waals surface area (Å²) >= 11 is 0. The molecule has 4 nitrogen and oxygen atoms in total. The first kappa shape index (κ1) is 8.59. The summed E-state index contributed by atoms with van der Waals surface area (Å²) in [5.74, 6) is 0.529. The topological polar surface area (TPSA) is 64.7 Å². The van der Waals surface area contributed by atoms with Crippen LogP contribution in [0.2, 0.25) is 0 Å². The Morgan fingerprint density at radius 1 is 1.13 bits per heavy atom. The van der Waals surface area contributed by atoms with Crippen molar-refractivity contribution >= 4 is 16.9 Å². The third-order valence-corrected chi connectivity index (χ3v) is 2.93. The number of pyridine rings is 1. The highest BCUT2D eigenvalue weighted by atomic mass is 15.0. The van der Waals surface area contributed by atoms with E-state index in [1.165, 1.54) is 30.4 Å². The minimum Gasteiger partial charge on any atom is -0.383 e. The number of nitrogens with zero attached hydrogens (tertiary/aromatic N) is 3. The number of nitrogen functional groups attached to an aromatic ring is 1.